The average molecular weight is 278 g/mol. The summed E-state index contributed by atoms with van der Waals surface area (Å²) in [6, 6.07) is 3.85. The Balaban J connectivity index is 1.58. The van der Waals surface area contributed by atoms with Crippen LogP contribution in [0.5, 0.6) is 0 Å². The number of carbonyl (C=O) groups is 2. The number of esters is 1. The summed E-state index contributed by atoms with van der Waals surface area (Å²) < 4.78 is 4.57. The Morgan fingerprint density at radius 1 is 1.30 bits per heavy atom. The SMILES string of the molecule is COC(=O)CCCCCNC(=O)c1ccc(C2CC2)[nH]1. The molecule has 1 saturated carbocycles. The minimum Gasteiger partial charge on any atom is -0.469 e. The molecule has 0 saturated heterocycles. The molecular formula is C15H22N2O3. The van der Waals surface area contributed by atoms with Gasteiger partial charge in [-0.3, -0.25) is 9.59 Å². The van der Waals surface area contributed by atoms with Crippen LogP contribution < -0.4 is 5.32 Å². The molecule has 1 aromatic heterocycles. The zero-order chi connectivity index (χ0) is 14.4. The summed E-state index contributed by atoms with van der Waals surface area (Å²) in [4.78, 5) is 26.0. The first kappa shape index (κ1) is 14.6. The van der Waals surface area contributed by atoms with E-state index in [9.17, 15) is 9.59 Å². The molecule has 1 aliphatic rings. The quantitative estimate of drug-likeness (QED) is 0.566. The van der Waals surface area contributed by atoms with E-state index in [2.05, 4.69) is 15.0 Å². The minimum absolute atomic E-state index is 0.0510. The van der Waals surface area contributed by atoms with E-state index in [1.807, 2.05) is 12.1 Å². The highest BCUT2D eigenvalue weighted by Gasteiger charge is 2.25. The molecule has 5 heteroatoms. The van der Waals surface area contributed by atoms with Crippen LogP contribution in [-0.4, -0.2) is 30.5 Å². The molecule has 0 atom stereocenters. The fraction of sp³-hybridized carbons (Fsp3) is 0.600. The summed E-state index contributed by atoms with van der Waals surface area (Å²) in [5.41, 5.74) is 1.81. The van der Waals surface area contributed by atoms with Crippen molar-refractivity contribution in [2.75, 3.05) is 13.7 Å². The van der Waals surface area contributed by atoms with Crippen molar-refractivity contribution in [3.8, 4) is 0 Å². The van der Waals surface area contributed by atoms with Gasteiger partial charge in [0.2, 0.25) is 0 Å². The van der Waals surface area contributed by atoms with Gasteiger partial charge in [-0.1, -0.05) is 6.42 Å². The Kier molecular flexibility index (Phi) is 5.21. The van der Waals surface area contributed by atoms with E-state index in [1.165, 1.54) is 25.6 Å². The smallest absolute Gasteiger partial charge is 0.305 e. The summed E-state index contributed by atoms with van der Waals surface area (Å²) in [6.07, 6.45) is 5.48. The fourth-order valence-electron chi connectivity index (χ4n) is 2.15. The van der Waals surface area contributed by atoms with E-state index in [0.717, 1.165) is 19.3 Å². The number of hydrogen-bond acceptors (Lipinski definition) is 3. The van der Waals surface area contributed by atoms with Crippen molar-refractivity contribution in [3.05, 3.63) is 23.5 Å². The van der Waals surface area contributed by atoms with Crippen molar-refractivity contribution in [1.29, 1.82) is 0 Å². The van der Waals surface area contributed by atoms with Crippen molar-refractivity contribution in [1.82, 2.24) is 10.3 Å². The number of hydrogen-bond donors (Lipinski definition) is 2. The normalized spacial score (nSPS) is 14.1. The van der Waals surface area contributed by atoms with E-state index in [-0.39, 0.29) is 11.9 Å². The number of amides is 1. The van der Waals surface area contributed by atoms with Crippen LogP contribution in [0.15, 0.2) is 12.1 Å². The van der Waals surface area contributed by atoms with Crippen molar-refractivity contribution < 1.29 is 14.3 Å². The Morgan fingerprint density at radius 2 is 2.10 bits per heavy atom. The highest BCUT2D eigenvalue weighted by atomic mass is 16.5. The summed E-state index contributed by atoms with van der Waals surface area (Å²) >= 11 is 0. The maximum absolute atomic E-state index is 11.9. The zero-order valence-electron chi connectivity index (χ0n) is 11.9. The molecule has 1 amide bonds. The van der Waals surface area contributed by atoms with Crippen molar-refractivity contribution in [3.63, 3.8) is 0 Å². The number of ether oxygens (including phenoxy) is 1. The van der Waals surface area contributed by atoms with Gasteiger partial charge in [-0.25, -0.2) is 0 Å². The second-order valence-corrected chi connectivity index (χ2v) is 5.24. The number of carbonyl (C=O) groups excluding carboxylic acids is 2. The highest BCUT2D eigenvalue weighted by molar-refractivity contribution is 5.92. The summed E-state index contributed by atoms with van der Waals surface area (Å²) in [5.74, 6) is 0.410. The van der Waals surface area contributed by atoms with Crippen molar-refractivity contribution in [2.45, 2.75) is 44.4 Å². The molecule has 0 radical (unpaired) electrons. The van der Waals surface area contributed by atoms with Gasteiger partial charge in [0.15, 0.2) is 0 Å². The van der Waals surface area contributed by atoms with Gasteiger partial charge in [0.1, 0.15) is 5.69 Å². The Morgan fingerprint density at radius 3 is 2.80 bits per heavy atom. The molecule has 0 bridgehead atoms. The zero-order valence-corrected chi connectivity index (χ0v) is 11.9. The number of rotatable bonds is 8. The number of nitrogens with one attached hydrogen (secondary N) is 2. The van der Waals surface area contributed by atoms with Gasteiger partial charge in [0.25, 0.3) is 5.91 Å². The van der Waals surface area contributed by atoms with Gasteiger partial charge in [0.05, 0.1) is 7.11 Å². The van der Waals surface area contributed by atoms with E-state index in [0.29, 0.717) is 24.6 Å². The van der Waals surface area contributed by atoms with Gasteiger partial charge in [-0.05, 0) is 43.7 Å². The second-order valence-electron chi connectivity index (χ2n) is 5.24. The first-order valence-electron chi connectivity index (χ1n) is 7.24. The van der Waals surface area contributed by atoms with E-state index in [4.69, 9.17) is 0 Å². The van der Waals surface area contributed by atoms with Gasteiger partial charge >= 0.3 is 5.97 Å². The number of aromatic nitrogens is 1. The highest BCUT2D eigenvalue weighted by Crippen LogP contribution is 2.39. The molecular weight excluding hydrogens is 256 g/mol. The standard InChI is InChI=1S/C15H22N2O3/c1-20-14(18)5-3-2-4-10-16-15(19)13-9-8-12(17-13)11-6-7-11/h8-9,11,17H,2-7,10H2,1H3,(H,16,19). The first-order valence-corrected chi connectivity index (χ1v) is 7.24. The molecule has 1 aliphatic carbocycles. The Hall–Kier alpha value is -1.78. The molecule has 2 rings (SSSR count). The predicted octanol–water partition coefficient (Wildman–Crippen LogP) is 2.36. The molecule has 0 aliphatic heterocycles. The predicted molar refractivity (Wildman–Crippen MR) is 75.6 cm³/mol. The maximum Gasteiger partial charge on any atom is 0.305 e. The molecule has 1 aromatic rings. The van der Waals surface area contributed by atoms with Crippen LogP contribution in [0.1, 0.15) is 60.6 Å². The number of H-pyrrole nitrogens is 1. The van der Waals surface area contributed by atoms with Crippen LogP contribution >= 0.6 is 0 Å². The number of aromatic amines is 1. The van der Waals surface area contributed by atoms with Crippen LogP contribution in [0.25, 0.3) is 0 Å². The van der Waals surface area contributed by atoms with Gasteiger partial charge < -0.3 is 15.0 Å². The lowest BCUT2D eigenvalue weighted by Gasteiger charge is -2.04. The average Bonchev–Trinajstić information content (AvgIpc) is 3.19. The molecule has 0 aromatic carbocycles. The molecule has 110 valence electrons. The van der Waals surface area contributed by atoms with Gasteiger partial charge in [-0.2, -0.15) is 0 Å². The lowest BCUT2D eigenvalue weighted by molar-refractivity contribution is -0.140. The molecule has 2 N–H and O–H groups in total. The molecule has 1 heterocycles. The van der Waals surface area contributed by atoms with Crippen LogP contribution in [0.4, 0.5) is 0 Å². The topological polar surface area (TPSA) is 71.2 Å². The molecule has 20 heavy (non-hydrogen) atoms. The van der Waals surface area contributed by atoms with Crippen molar-refractivity contribution >= 4 is 11.9 Å². The third-order valence-electron chi connectivity index (χ3n) is 3.54. The maximum atomic E-state index is 11.9. The van der Waals surface area contributed by atoms with Crippen LogP contribution in [-0.2, 0) is 9.53 Å². The first-order chi connectivity index (χ1) is 9.70. The molecule has 5 nitrogen and oxygen atoms in total. The summed E-state index contributed by atoms with van der Waals surface area (Å²) in [6.45, 7) is 0.637. The van der Waals surface area contributed by atoms with Crippen LogP contribution in [0, 0.1) is 0 Å². The third kappa shape index (κ3) is 4.40. The Bertz CT molecular complexity index is 463. The number of unbranched alkanes of at least 4 members (excludes halogenated alkanes) is 2. The third-order valence-corrected chi connectivity index (χ3v) is 3.54. The largest absolute Gasteiger partial charge is 0.469 e. The summed E-state index contributed by atoms with van der Waals surface area (Å²) in [5, 5.41) is 2.89. The van der Waals surface area contributed by atoms with Crippen LogP contribution in [0.2, 0.25) is 0 Å². The molecule has 0 unspecified atom stereocenters. The van der Waals surface area contributed by atoms with Crippen molar-refractivity contribution in [2.24, 2.45) is 0 Å². The van der Waals surface area contributed by atoms with E-state index >= 15 is 0 Å². The number of methoxy groups -OCH3 is 1. The monoisotopic (exact) mass is 278 g/mol. The lowest BCUT2D eigenvalue weighted by atomic mass is 10.2. The van der Waals surface area contributed by atoms with Gasteiger partial charge in [0, 0.05) is 18.7 Å². The fourth-order valence-corrected chi connectivity index (χ4v) is 2.15. The Labute approximate surface area is 119 Å². The summed E-state index contributed by atoms with van der Waals surface area (Å²) in [7, 11) is 1.40. The van der Waals surface area contributed by atoms with E-state index < -0.39 is 0 Å². The van der Waals surface area contributed by atoms with E-state index in [1.54, 1.807) is 0 Å². The molecule has 0 spiro atoms. The van der Waals surface area contributed by atoms with Gasteiger partial charge in [-0.15, -0.1) is 0 Å². The van der Waals surface area contributed by atoms with Crippen LogP contribution in [0.3, 0.4) is 0 Å². The molecule has 1 fully saturated rings. The minimum atomic E-state index is -0.173. The second kappa shape index (κ2) is 7.12. The lowest BCUT2D eigenvalue weighted by Crippen LogP contribution is -2.24.